The molecule has 21 heavy (non-hydrogen) atoms. The molecule has 1 heterocycles. The van der Waals surface area contributed by atoms with E-state index in [-0.39, 0.29) is 19.1 Å². The van der Waals surface area contributed by atoms with Crippen molar-refractivity contribution < 1.29 is 19.4 Å². The fourth-order valence-electron chi connectivity index (χ4n) is 1.91. The minimum Gasteiger partial charge on any atom is -0.395 e. The highest BCUT2D eigenvalue weighted by Crippen LogP contribution is 2.15. The molecule has 2 N–H and O–H groups in total. The first-order valence-electron chi connectivity index (χ1n) is 6.91. The molecule has 1 saturated heterocycles. The average molecular weight is 289 g/mol. The van der Waals surface area contributed by atoms with Gasteiger partial charge in [-0.25, -0.2) is 0 Å². The monoisotopic (exact) mass is 289 g/mol. The van der Waals surface area contributed by atoms with E-state index in [1.54, 1.807) is 0 Å². The lowest BCUT2D eigenvalue weighted by Gasteiger charge is -2.22. The fourth-order valence-corrected chi connectivity index (χ4v) is 1.91. The molecule has 0 saturated carbocycles. The van der Waals surface area contributed by atoms with Gasteiger partial charge in [0.1, 0.15) is 0 Å². The molecule has 2 rings (SSSR count). The Morgan fingerprint density at radius 2 is 2.33 bits per heavy atom. The highest BCUT2D eigenvalue weighted by molar-refractivity contribution is 5.94. The molecule has 0 aromatic heterocycles. The maximum atomic E-state index is 12.0. The number of amides is 1. The van der Waals surface area contributed by atoms with Gasteiger partial charge in [0.05, 0.1) is 26.4 Å². The number of ether oxygens (including phenoxy) is 2. The molecular weight excluding hydrogens is 270 g/mol. The molecule has 1 fully saturated rings. The van der Waals surface area contributed by atoms with Crippen molar-refractivity contribution in [2.75, 3.05) is 31.7 Å². The number of aliphatic hydroxyl groups is 1. The first-order valence-corrected chi connectivity index (χ1v) is 6.91. The SMILES string of the molecule is Cc1ccc(NC(=O)C2COCCO2)cc1C#CCCO. The van der Waals surface area contributed by atoms with Gasteiger partial charge in [-0.3, -0.25) is 4.79 Å². The molecule has 1 amide bonds. The predicted molar refractivity (Wildman–Crippen MR) is 78.9 cm³/mol. The Labute approximate surface area is 124 Å². The Hall–Kier alpha value is -1.87. The van der Waals surface area contributed by atoms with Crippen LogP contribution in [0.25, 0.3) is 0 Å². The number of aryl methyl sites for hydroxylation is 1. The number of benzene rings is 1. The van der Waals surface area contributed by atoms with E-state index in [1.165, 1.54) is 0 Å². The normalized spacial score (nSPS) is 17.7. The number of carbonyl (C=O) groups excluding carboxylic acids is 1. The third-order valence-corrected chi connectivity index (χ3v) is 3.07. The lowest BCUT2D eigenvalue weighted by atomic mass is 10.1. The molecule has 5 nitrogen and oxygen atoms in total. The topological polar surface area (TPSA) is 67.8 Å². The second-order valence-corrected chi connectivity index (χ2v) is 4.73. The Kier molecular flexibility index (Phi) is 5.76. The van der Waals surface area contributed by atoms with Crippen LogP contribution < -0.4 is 5.32 Å². The number of hydrogen-bond donors (Lipinski definition) is 2. The maximum absolute atomic E-state index is 12.0. The van der Waals surface area contributed by atoms with Crippen molar-refractivity contribution in [3.05, 3.63) is 29.3 Å². The summed E-state index contributed by atoms with van der Waals surface area (Å²) in [6, 6.07) is 5.55. The van der Waals surface area contributed by atoms with Crippen LogP contribution in [-0.4, -0.2) is 43.5 Å². The Morgan fingerprint density at radius 3 is 3.05 bits per heavy atom. The number of aliphatic hydroxyl groups excluding tert-OH is 1. The summed E-state index contributed by atoms with van der Waals surface area (Å²) in [6.45, 7) is 3.23. The van der Waals surface area contributed by atoms with Gasteiger partial charge in [0.2, 0.25) is 0 Å². The number of hydrogen-bond acceptors (Lipinski definition) is 4. The number of nitrogens with one attached hydrogen (secondary N) is 1. The van der Waals surface area contributed by atoms with Gasteiger partial charge in [0.25, 0.3) is 5.91 Å². The van der Waals surface area contributed by atoms with Crippen molar-refractivity contribution in [2.24, 2.45) is 0 Å². The largest absolute Gasteiger partial charge is 0.395 e. The van der Waals surface area contributed by atoms with E-state index in [4.69, 9.17) is 14.6 Å². The quantitative estimate of drug-likeness (QED) is 0.817. The number of rotatable bonds is 3. The van der Waals surface area contributed by atoms with Crippen LogP contribution in [0.5, 0.6) is 0 Å². The van der Waals surface area contributed by atoms with Crippen LogP contribution in [0.3, 0.4) is 0 Å². The molecule has 5 heteroatoms. The van der Waals surface area contributed by atoms with Crippen LogP contribution in [0.15, 0.2) is 18.2 Å². The van der Waals surface area contributed by atoms with E-state index in [0.29, 0.717) is 25.3 Å². The van der Waals surface area contributed by atoms with Crippen molar-refractivity contribution in [2.45, 2.75) is 19.4 Å². The zero-order valence-corrected chi connectivity index (χ0v) is 12.0. The lowest BCUT2D eigenvalue weighted by molar-refractivity contribution is -0.142. The number of carbonyl (C=O) groups is 1. The van der Waals surface area contributed by atoms with Crippen LogP contribution in [0.2, 0.25) is 0 Å². The van der Waals surface area contributed by atoms with E-state index in [0.717, 1.165) is 11.1 Å². The van der Waals surface area contributed by atoms with E-state index < -0.39 is 6.10 Å². The van der Waals surface area contributed by atoms with Gasteiger partial charge in [0.15, 0.2) is 6.10 Å². The van der Waals surface area contributed by atoms with Gasteiger partial charge in [-0.05, 0) is 24.6 Å². The summed E-state index contributed by atoms with van der Waals surface area (Å²) in [5.74, 6) is 5.65. The molecular formula is C16H19NO4. The minimum absolute atomic E-state index is 0.0431. The summed E-state index contributed by atoms with van der Waals surface area (Å²) in [7, 11) is 0. The Morgan fingerprint density at radius 1 is 1.48 bits per heavy atom. The smallest absolute Gasteiger partial charge is 0.255 e. The molecule has 1 aromatic rings. The molecule has 0 radical (unpaired) electrons. The van der Waals surface area contributed by atoms with Crippen molar-refractivity contribution in [1.82, 2.24) is 0 Å². The lowest BCUT2D eigenvalue weighted by Crippen LogP contribution is -2.39. The van der Waals surface area contributed by atoms with E-state index >= 15 is 0 Å². The van der Waals surface area contributed by atoms with Crippen LogP contribution >= 0.6 is 0 Å². The molecule has 1 aliphatic rings. The van der Waals surface area contributed by atoms with Gasteiger partial charge in [-0.1, -0.05) is 17.9 Å². The van der Waals surface area contributed by atoms with Crippen LogP contribution in [0.4, 0.5) is 5.69 Å². The molecule has 1 aromatic carbocycles. The molecule has 0 aliphatic carbocycles. The van der Waals surface area contributed by atoms with Gasteiger partial charge in [-0.2, -0.15) is 0 Å². The molecule has 1 unspecified atom stereocenters. The van der Waals surface area contributed by atoms with Crippen LogP contribution in [-0.2, 0) is 14.3 Å². The highest BCUT2D eigenvalue weighted by Gasteiger charge is 2.22. The van der Waals surface area contributed by atoms with Crippen molar-refractivity contribution in [1.29, 1.82) is 0 Å². The van der Waals surface area contributed by atoms with Gasteiger partial charge >= 0.3 is 0 Å². The van der Waals surface area contributed by atoms with Gasteiger partial charge < -0.3 is 19.9 Å². The van der Waals surface area contributed by atoms with E-state index in [1.807, 2.05) is 25.1 Å². The zero-order chi connectivity index (χ0) is 15.1. The Balaban J connectivity index is 2.04. The predicted octanol–water partition coefficient (Wildman–Crippen LogP) is 1.08. The first kappa shape index (κ1) is 15.5. The van der Waals surface area contributed by atoms with Crippen molar-refractivity contribution in [3.8, 4) is 11.8 Å². The van der Waals surface area contributed by atoms with Gasteiger partial charge in [-0.15, -0.1) is 0 Å². The molecule has 1 atom stereocenters. The third kappa shape index (κ3) is 4.57. The summed E-state index contributed by atoms with van der Waals surface area (Å²) >= 11 is 0. The molecule has 0 spiro atoms. The first-order chi connectivity index (χ1) is 10.2. The van der Waals surface area contributed by atoms with Gasteiger partial charge in [0, 0.05) is 17.7 Å². The number of anilines is 1. The Bertz CT molecular complexity index is 553. The molecule has 0 bridgehead atoms. The van der Waals surface area contributed by atoms with E-state index in [9.17, 15) is 4.79 Å². The third-order valence-electron chi connectivity index (χ3n) is 3.07. The zero-order valence-electron chi connectivity index (χ0n) is 12.0. The second-order valence-electron chi connectivity index (χ2n) is 4.73. The minimum atomic E-state index is -0.566. The van der Waals surface area contributed by atoms with E-state index in [2.05, 4.69) is 17.2 Å². The highest BCUT2D eigenvalue weighted by atomic mass is 16.6. The maximum Gasteiger partial charge on any atom is 0.255 e. The van der Waals surface area contributed by atoms with Crippen molar-refractivity contribution in [3.63, 3.8) is 0 Å². The van der Waals surface area contributed by atoms with Crippen molar-refractivity contribution >= 4 is 11.6 Å². The summed E-state index contributed by atoms with van der Waals surface area (Å²) < 4.78 is 10.6. The average Bonchev–Trinajstić information content (AvgIpc) is 2.51. The summed E-state index contributed by atoms with van der Waals surface area (Å²) in [4.78, 5) is 12.0. The standard InChI is InChI=1S/C16H19NO4/c1-12-5-6-14(10-13(12)4-2-3-7-18)17-16(19)15-11-20-8-9-21-15/h5-6,10,15,18H,3,7-9,11H2,1H3,(H,17,19). The molecule has 1 aliphatic heterocycles. The fraction of sp³-hybridized carbons (Fsp3) is 0.438. The summed E-state index contributed by atoms with van der Waals surface area (Å²) in [5, 5.41) is 11.6. The molecule has 112 valence electrons. The summed E-state index contributed by atoms with van der Waals surface area (Å²) in [5.41, 5.74) is 2.53. The second kappa shape index (κ2) is 7.79. The van der Waals surface area contributed by atoms with Crippen LogP contribution in [0, 0.1) is 18.8 Å². The van der Waals surface area contributed by atoms with Crippen LogP contribution in [0.1, 0.15) is 17.5 Å². The summed E-state index contributed by atoms with van der Waals surface area (Å²) in [6.07, 6.45) is -0.132.